The molecule has 0 saturated carbocycles. The zero-order chi connectivity index (χ0) is 23.8. The number of nitrogens with one attached hydrogen (secondary N) is 1. The molecule has 0 unspecified atom stereocenters. The molecule has 5 rings (SSSR count). The maximum atomic E-state index is 14.8. The van der Waals surface area contributed by atoms with Crippen LogP contribution in [0.25, 0.3) is 34.3 Å². The van der Waals surface area contributed by atoms with E-state index >= 15 is 0 Å². The van der Waals surface area contributed by atoms with Gasteiger partial charge in [-0.25, -0.2) is 4.98 Å². The molecule has 2 aromatic carbocycles. The quantitative estimate of drug-likeness (QED) is 0.598. The molecule has 1 saturated heterocycles. The highest BCUT2D eigenvalue weighted by Crippen LogP contribution is 2.32. The average Bonchev–Trinajstić information content (AvgIpc) is 2.84. The molecule has 0 bridgehead atoms. The van der Waals surface area contributed by atoms with Crippen LogP contribution in [-0.2, 0) is 0 Å². The van der Waals surface area contributed by atoms with Crippen molar-refractivity contribution in [3.63, 3.8) is 0 Å². The Balaban J connectivity index is 1.43. The van der Waals surface area contributed by atoms with Crippen LogP contribution in [-0.4, -0.2) is 47.1 Å². The maximum Gasteiger partial charge on any atom is 0.241 e. The number of aromatic nitrogens is 2. The number of halogens is 1. The highest BCUT2D eigenvalue weighted by atomic mass is 19.1. The van der Waals surface area contributed by atoms with Crippen LogP contribution in [0.3, 0.4) is 0 Å². The molecule has 2 aliphatic rings. The predicted molar refractivity (Wildman–Crippen MR) is 137 cm³/mol. The molecule has 0 spiro atoms. The van der Waals surface area contributed by atoms with Gasteiger partial charge in [-0.15, -0.1) is 0 Å². The number of nitrogens with zero attached hydrogens (tertiary/aromatic N) is 4. The van der Waals surface area contributed by atoms with E-state index in [1.54, 1.807) is 0 Å². The van der Waals surface area contributed by atoms with E-state index in [1.807, 2.05) is 54.7 Å². The number of rotatable bonds is 4. The lowest BCUT2D eigenvalue weighted by Crippen LogP contribution is -2.48. The average molecular weight is 457 g/mol. The molecule has 174 valence electrons. The van der Waals surface area contributed by atoms with Crippen LogP contribution in [0.15, 0.2) is 55.2 Å². The summed E-state index contributed by atoms with van der Waals surface area (Å²) in [5.74, 6) is -0.604. The molecule has 0 aliphatic carbocycles. The lowest BCUT2D eigenvalue weighted by molar-refractivity contribution is 0.209. The Hall–Kier alpha value is -3.71. The third kappa shape index (κ3) is 4.15. The lowest BCUT2D eigenvalue weighted by atomic mass is 9.98. The minimum atomic E-state index is -0.671. The number of fused-ring (bicyclic) bond motifs is 1. The zero-order valence-corrected chi connectivity index (χ0v) is 19.6. The van der Waals surface area contributed by atoms with Gasteiger partial charge in [-0.05, 0) is 43.7 Å². The summed E-state index contributed by atoms with van der Waals surface area (Å²) in [5.41, 5.74) is 12.2. The zero-order valence-electron chi connectivity index (χ0n) is 19.6. The Bertz CT molecular complexity index is 1260. The predicted octanol–water partition coefficient (Wildman–Crippen LogP) is 4.61. The lowest BCUT2D eigenvalue weighted by Gasteiger charge is -2.38. The van der Waals surface area contributed by atoms with E-state index in [9.17, 15) is 4.39 Å². The minimum absolute atomic E-state index is 0.0672. The first kappa shape index (κ1) is 22.1. The van der Waals surface area contributed by atoms with E-state index in [1.165, 1.54) is 0 Å². The number of hydrogen-bond donors (Lipinski definition) is 2. The molecule has 0 atom stereocenters. The van der Waals surface area contributed by atoms with Crippen LogP contribution in [0.5, 0.6) is 0 Å². The van der Waals surface area contributed by atoms with Crippen molar-refractivity contribution >= 4 is 23.3 Å². The summed E-state index contributed by atoms with van der Waals surface area (Å²) in [6.07, 6.45) is 3.80. The second-order valence-corrected chi connectivity index (χ2v) is 9.02. The van der Waals surface area contributed by atoms with Crippen molar-refractivity contribution in [2.75, 3.05) is 36.8 Å². The standard InChI is InChI=1S/C27H29FN6/c1-17(2)33-12-14-34(15-13-33)22-7-4-19(5-8-22)24-26(28)32-27(29)25(31-24)21-6-9-23-18(3)30-11-10-20(23)16-21/h4-11,16-17,30H,3,12-15H2,1-2H3,(H2,29,32). The summed E-state index contributed by atoms with van der Waals surface area (Å²) >= 11 is 0. The largest absolute Gasteiger partial charge is 0.382 e. The molecule has 7 heteroatoms. The number of anilines is 2. The van der Waals surface area contributed by atoms with E-state index in [0.717, 1.165) is 54.3 Å². The van der Waals surface area contributed by atoms with E-state index in [2.05, 4.69) is 45.5 Å². The van der Waals surface area contributed by atoms with Crippen LogP contribution in [0, 0.1) is 5.95 Å². The van der Waals surface area contributed by atoms with Gasteiger partial charge in [-0.2, -0.15) is 9.37 Å². The molecule has 3 N–H and O–H groups in total. The SMILES string of the molecule is C=C1NC=Cc2cc(-c3nc(-c4ccc(N5CCN(C(C)C)CC5)cc4)c(F)nc3N)ccc21. The van der Waals surface area contributed by atoms with Gasteiger partial charge in [0, 0.05) is 66.5 Å². The molecule has 1 fully saturated rings. The third-order valence-corrected chi connectivity index (χ3v) is 6.60. The van der Waals surface area contributed by atoms with Crippen molar-refractivity contribution in [2.24, 2.45) is 0 Å². The number of benzene rings is 2. The fourth-order valence-electron chi connectivity index (χ4n) is 4.58. The normalized spacial score (nSPS) is 16.0. The van der Waals surface area contributed by atoms with E-state index in [0.29, 0.717) is 17.3 Å². The van der Waals surface area contributed by atoms with Crippen LogP contribution < -0.4 is 16.0 Å². The molecule has 34 heavy (non-hydrogen) atoms. The Morgan fingerprint density at radius 3 is 2.38 bits per heavy atom. The van der Waals surface area contributed by atoms with Crippen molar-refractivity contribution in [2.45, 2.75) is 19.9 Å². The molecule has 2 aliphatic heterocycles. The Morgan fingerprint density at radius 2 is 1.68 bits per heavy atom. The summed E-state index contributed by atoms with van der Waals surface area (Å²) in [7, 11) is 0. The topological polar surface area (TPSA) is 70.3 Å². The molecular weight excluding hydrogens is 427 g/mol. The minimum Gasteiger partial charge on any atom is -0.382 e. The van der Waals surface area contributed by atoms with Crippen molar-refractivity contribution in [1.29, 1.82) is 0 Å². The van der Waals surface area contributed by atoms with E-state index < -0.39 is 5.95 Å². The van der Waals surface area contributed by atoms with Gasteiger partial charge < -0.3 is 16.0 Å². The van der Waals surface area contributed by atoms with Gasteiger partial charge >= 0.3 is 0 Å². The molecule has 6 nitrogen and oxygen atoms in total. The van der Waals surface area contributed by atoms with E-state index in [4.69, 9.17) is 5.73 Å². The smallest absolute Gasteiger partial charge is 0.241 e. The summed E-state index contributed by atoms with van der Waals surface area (Å²) in [5, 5.41) is 3.10. The number of nitrogen functional groups attached to an aromatic ring is 1. The number of nitrogens with two attached hydrogens (primary N) is 1. The van der Waals surface area contributed by atoms with Gasteiger partial charge in [0.2, 0.25) is 5.95 Å². The van der Waals surface area contributed by atoms with Gasteiger partial charge in [0.1, 0.15) is 11.4 Å². The third-order valence-electron chi connectivity index (χ3n) is 6.60. The van der Waals surface area contributed by atoms with Crippen molar-refractivity contribution < 1.29 is 4.39 Å². The van der Waals surface area contributed by atoms with Crippen LogP contribution >= 0.6 is 0 Å². The van der Waals surface area contributed by atoms with Gasteiger partial charge in [-0.3, -0.25) is 4.90 Å². The van der Waals surface area contributed by atoms with Gasteiger partial charge in [-0.1, -0.05) is 30.8 Å². The molecule has 1 aromatic heterocycles. The summed E-state index contributed by atoms with van der Waals surface area (Å²) in [6.45, 7) is 12.5. The molecule has 0 radical (unpaired) electrons. The van der Waals surface area contributed by atoms with Crippen LogP contribution in [0.4, 0.5) is 15.9 Å². The van der Waals surface area contributed by atoms with Crippen molar-refractivity contribution in [3.8, 4) is 22.5 Å². The molecule has 0 amide bonds. The summed E-state index contributed by atoms with van der Waals surface area (Å²) < 4.78 is 14.8. The fraction of sp³-hybridized carbons (Fsp3) is 0.259. The van der Waals surface area contributed by atoms with Crippen molar-refractivity contribution in [3.05, 3.63) is 72.3 Å². The Kier molecular flexibility index (Phi) is 5.79. The van der Waals surface area contributed by atoms with Gasteiger partial charge in [0.15, 0.2) is 5.82 Å². The van der Waals surface area contributed by atoms with Gasteiger partial charge in [0.05, 0.1) is 0 Å². The monoisotopic (exact) mass is 456 g/mol. The first-order chi connectivity index (χ1) is 16.4. The first-order valence-electron chi connectivity index (χ1n) is 11.6. The van der Waals surface area contributed by atoms with Crippen LogP contribution in [0.1, 0.15) is 25.0 Å². The molecule has 3 aromatic rings. The Morgan fingerprint density at radius 1 is 0.971 bits per heavy atom. The second kappa shape index (κ2) is 8.91. The van der Waals surface area contributed by atoms with Gasteiger partial charge in [0.25, 0.3) is 0 Å². The van der Waals surface area contributed by atoms with Crippen molar-refractivity contribution in [1.82, 2.24) is 20.2 Å². The fourth-order valence-corrected chi connectivity index (χ4v) is 4.58. The highest BCUT2D eigenvalue weighted by molar-refractivity contribution is 5.82. The molecule has 3 heterocycles. The van der Waals surface area contributed by atoms with E-state index in [-0.39, 0.29) is 11.5 Å². The number of piperazine rings is 1. The molecular formula is C27H29FN6. The summed E-state index contributed by atoms with van der Waals surface area (Å²) in [4.78, 5) is 13.4. The Labute approximate surface area is 199 Å². The first-order valence-corrected chi connectivity index (χ1v) is 11.6. The highest BCUT2D eigenvalue weighted by Gasteiger charge is 2.20. The summed E-state index contributed by atoms with van der Waals surface area (Å²) in [6, 6.07) is 14.3. The van der Waals surface area contributed by atoms with Crippen LogP contribution in [0.2, 0.25) is 0 Å². The maximum absolute atomic E-state index is 14.8. The second-order valence-electron chi connectivity index (χ2n) is 9.02. The number of hydrogen-bond acceptors (Lipinski definition) is 6.